The van der Waals surface area contributed by atoms with E-state index in [0.29, 0.717) is 10.6 Å². The first-order chi connectivity index (χ1) is 14.8. The number of nitrogens with one attached hydrogen (secondary N) is 1. The van der Waals surface area contributed by atoms with Gasteiger partial charge in [0.2, 0.25) is 0 Å². The number of carbonyl (C=O) groups excluding carboxylic acids is 3. The van der Waals surface area contributed by atoms with E-state index in [9.17, 15) is 19.5 Å². The highest BCUT2D eigenvalue weighted by atomic mass is 32.2. The number of aromatic hydroxyl groups is 1. The fourth-order valence-corrected chi connectivity index (χ4v) is 3.57. The van der Waals surface area contributed by atoms with Crippen molar-refractivity contribution in [3.05, 3.63) is 58.7 Å². The maximum atomic E-state index is 12.7. The van der Waals surface area contributed by atoms with Gasteiger partial charge >= 0.3 is 5.97 Å². The first-order valence-electron chi connectivity index (χ1n) is 9.53. The zero-order valence-corrected chi connectivity index (χ0v) is 18.0. The molecule has 2 aromatic carbocycles. The summed E-state index contributed by atoms with van der Waals surface area (Å²) in [5.74, 6) is -1.31. The van der Waals surface area contributed by atoms with Crippen LogP contribution in [0.4, 0.5) is 0 Å². The van der Waals surface area contributed by atoms with Crippen molar-refractivity contribution in [3.8, 4) is 11.5 Å². The lowest BCUT2D eigenvalue weighted by atomic mass is 10.1. The van der Waals surface area contributed by atoms with Crippen molar-refractivity contribution in [1.29, 1.82) is 5.41 Å². The maximum absolute atomic E-state index is 12.7. The molecule has 0 saturated heterocycles. The molecule has 31 heavy (non-hydrogen) atoms. The van der Waals surface area contributed by atoms with Gasteiger partial charge in [0.15, 0.2) is 12.4 Å². The highest BCUT2D eigenvalue weighted by Crippen LogP contribution is 2.28. The number of phenols is 1. The zero-order valence-electron chi connectivity index (χ0n) is 17.1. The first-order valence-corrected chi connectivity index (χ1v) is 10.8. The van der Waals surface area contributed by atoms with E-state index in [1.165, 1.54) is 34.9 Å². The summed E-state index contributed by atoms with van der Waals surface area (Å²) in [7, 11) is 0. The summed E-state index contributed by atoms with van der Waals surface area (Å²) >= 11 is 1.31. The monoisotopic (exact) mass is 442 g/mol. The minimum Gasteiger partial charge on any atom is -0.507 e. The molecule has 1 amide bonds. The van der Waals surface area contributed by atoms with E-state index < -0.39 is 11.8 Å². The Hall–Kier alpha value is -3.33. The van der Waals surface area contributed by atoms with Crippen LogP contribution in [0.25, 0.3) is 0 Å². The van der Waals surface area contributed by atoms with Crippen molar-refractivity contribution in [3.63, 3.8) is 0 Å². The van der Waals surface area contributed by atoms with Crippen LogP contribution < -0.4 is 4.74 Å². The van der Waals surface area contributed by atoms with Crippen LogP contribution in [0.3, 0.4) is 0 Å². The van der Waals surface area contributed by atoms with Gasteiger partial charge < -0.3 is 19.5 Å². The Morgan fingerprint density at radius 2 is 2.00 bits per heavy atom. The number of amides is 1. The summed E-state index contributed by atoms with van der Waals surface area (Å²) in [4.78, 5) is 38.1. The van der Waals surface area contributed by atoms with Gasteiger partial charge in [-0.1, -0.05) is 6.07 Å². The molecule has 1 heterocycles. The van der Waals surface area contributed by atoms with E-state index in [2.05, 4.69) is 0 Å². The third kappa shape index (κ3) is 5.05. The van der Waals surface area contributed by atoms with E-state index in [0.717, 1.165) is 11.1 Å². The largest absolute Gasteiger partial charge is 0.507 e. The number of carbonyl (C=O) groups is 3. The number of benzene rings is 2. The Morgan fingerprint density at radius 3 is 2.68 bits per heavy atom. The Kier molecular flexibility index (Phi) is 6.96. The van der Waals surface area contributed by atoms with Crippen molar-refractivity contribution < 1.29 is 29.0 Å². The number of Topliss-reactive ketones (excluding diaryl/α,β-unsaturated/α-hetero) is 1. The van der Waals surface area contributed by atoms with E-state index in [1.807, 2.05) is 6.26 Å². The third-order valence-electron chi connectivity index (χ3n) is 4.72. The second-order valence-electron chi connectivity index (χ2n) is 6.76. The number of ether oxygens (including phenoxy) is 2. The molecule has 1 aliphatic rings. The SMILES string of the molecule is CCOC(=O)COc1ccc(C(=O)CN2Cc3cc(C(=N)SC)ccc3C2=O)c(O)c1. The van der Waals surface area contributed by atoms with Crippen LogP contribution in [0.15, 0.2) is 36.4 Å². The molecule has 2 aromatic rings. The van der Waals surface area contributed by atoms with Gasteiger partial charge in [-0.3, -0.25) is 15.0 Å². The Labute approximate surface area is 183 Å². The van der Waals surface area contributed by atoms with Gasteiger partial charge in [-0.15, -0.1) is 11.8 Å². The number of nitrogens with zero attached hydrogens (tertiary/aromatic N) is 1. The summed E-state index contributed by atoms with van der Waals surface area (Å²) in [5, 5.41) is 18.6. The predicted molar refractivity (Wildman–Crippen MR) is 116 cm³/mol. The average molecular weight is 442 g/mol. The highest BCUT2D eigenvalue weighted by Gasteiger charge is 2.30. The summed E-state index contributed by atoms with van der Waals surface area (Å²) in [5.41, 5.74) is 2.05. The molecule has 0 aromatic heterocycles. The van der Waals surface area contributed by atoms with Crippen molar-refractivity contribution in [1.82, 2.24) is 4.90 Å². The van der Waals surface area contributed by atoms with Crippen molar-refractivity contribution in [2.24, 2.45) is 0 Å². The normalized spacial score (nSPS) is 12.5. The molecule has 162 valence electrons. The molecule has 0 spiro atoms. The molecule has 8 nitrogen and oxygen atoms in total. The summed E-state index contributed by atoms with van der Waals surface area (Å²) in [6.45, 7) is 1.68. The Morgan fingerprint density at radius 1 is 1.23 bits per heavy atom. The molecule has 0 saturated carbocycles. The summed E-state index contributed by atoms with van der Waals surface area (Å²) in [6.07, 6.45) is 1.81. The van der Waals surface area contributed by atoms with Crippen LogP contribution in [0, 0.1) is 5.41 Å². The standard InChI is InChI=1S/C22H22N2O6S/c1-3-29-20(27)12-30-15-5-7-17(18(25)9-15)19(26)11-24-10-14-8-13(21(23)31-2)4-6-16(14)22(24)28/h4-9,23,25H,3,10-12H2,1-2H3. The summed E-state index contributed by atoms with van der Waals surface area (Å²) in [6, 6.07) is 9.30. The van der Waals surface area contributed by atoms with Crippen molar-refractivity contribution in [2.75, 3.05) is 26.0 Å². The number of esters is 1. The highest BCUT2D eigenvalue weighted by molar-refractivity contribution is 8.13. The minimum atomic E-state index is -0.537. The summed E-state index contributed by atoms with van der Waals surface area (Å²) < 4.78 is 10.0. The molecule has 3 rings (SSSR count). The second kappa shape index (κ2) is 9.65. The van der Waals surface area contributed by atoms with Crippen LogP contribution in [-0.4, -0.2) is 58.7 Å². The van der Waals surface area contributed by atoms with Crippen LogP contribution >= 0.6 is 11.8 Å². The first kappa shape index (κ1) is 22.4. The number of hydrogen-bond donors (Lipinski definition) is 2. The van der Waals surface area contributed by atoms with E-state index in [-0.39, 0.29) is 49.3 Å². The molecule has 2 N–H and O–H groups in total. The van der Waals surface area contributed by atoms with E-state index >= 15 is 0 Å². The van der Waals surface area contributed by atoms with Gasteiger partial charge in [-0.2, -0.15) is 0 Å². The van der Waals surface area contributed by atoms with Gasteiger partial charge in [0, 0.05) is 23.7 Å². The third-order valence-corrected chi connectivity index (χ3v) is 5.36. The topological polar surface area (TPSA) is 117 Å². The lowest BCUT2D eigenvalue weighted by Gasteiger charge is -2.15. The number of phenolic OH excluding ortho intramolecular Hbond substituents is 1. The molecular weight excluding hydrogens is 420 g/mol. The fraction of sp³-hybridized carbons (Fsp3) is 0.273. The number of hydrogen-bond acceptors (Lipinski definition) is 8. The number of rotatable bonds is 8. The van der Waals surface area contributed by atoms with Crippen molar-refractivity contribution >= 4 is 34.5 Å². The molecule has 0 bridgehead atoms. The molecule has 0 fully saturated rings. The van der Waals surface area contributed by atoms with Gasteiger partial charge in [-0.05, 0) is 43.0 Å². The smallest absolute Gasteiger partial charge is 0.344 e. The van der Waals surface area contributed by atoms with Gasteiger partial charge in [0.25, 0.3) is 5.91 Å². The van der Waals surface area contributed by atoms with Crippen molar-refractivity contribution in [2.45, 2.75) is 13.5 Å². The van der Waals surface area contributed by atoms with E-state index in [4.69, 9.17) is 14.9 Å². The van der Waals surface area contributed by atoms with E-state index in [1.54, 1.807) is 25.1 Å². The Balaban J connectivity index is 1.66. The zero-order chi connectivity index (χ0) is 22.5. The maximum Gasteiger partial charge on any atom is 0.344 e. The number of ketones is 1. The molecule has 9 heteroatoms. The minimum absolute atomic E-state index is 0.0529. The lowest BCUT2D eigenvalue weighted by Crippen LogP contribution is -2.30. The molecule has 0 unspecified atom stereocenters. The van der Waals surface area contributed by atoms with Gasteiger partial charge in [0.1, 0.15) is 11.5 Å². The quantitative estimate of drug-likeness (QED) is 0.279. The van der Waals surface area contributed by atoms with Gasteiger partial charge in [-0.25, -0.2) is 4.79 Å². The molecule has 0 aliphatic carbocycles. The Bertz CT molecular complexity index is 1050. The van der Waals surface area contributed by atoms with Gasteiger partial charge in [0.05, 0.1) is 23.8 Å². The lowest BCUT2D eigenvalue weighted by molar-refractivity contribution is -0.145. The fourth-order valence-electron chi connectivity index (χ4n) is 3.21. The number of fused-ring (bicyclic) bond motifs is 1. The van der Waals surface area contributed by atoms with Crippen LogP contribution in [-0.2, 0) is 16.1 Å². The molecule has 1 aliphatic heterocycles. The number of thioether (sulfide) groups is 1. The van der Waals surface area contributed by atoms with Crippen LogP contribution in [0.2, 0.25) is 0 Å². The molecule has 0 radical (unpaired) electrons. The predicted octanol–water partition coefficient (Wildman–Crippen LogP) is 2.86. The van der Waals surface area contributed by atoms with Crippen LogP contribution in [0.5, 0.6) is 11.5 Å². The molecule has 0 atom stereocenters. The molecular formula is C22H22N2O6S. The second-order valence-corrected chi connectivity index (χ2v) is 7.58. The van der Waals surface area contributed by atoms with Crippen LogP contribution in [0.1, 0.15) is 38.8 Å². The average Bonchev–Trinajstić information content (AvgIpc) is 3.06.